The van der Waals surface area contributed by atoms with Crippen LogP contribution in [0.2, 0.25) is 0 Å². The van der Waals surface area contributed by atoms with Crippen molar-refractivity contribution in [2.75, 3.05) is 46.1 Å². The maximum atomic E-state index is 11.2. The first-order valence-corrected chi connectivity index (χ1v) is 4.48. The highest BCUT2D eigenvalue weighted by molar-refractivity contribution is 5.77. The fourth-order valence-electron chi connectivity index (χ4n) is 1.15. The van der Waals surface area contributed by atoms with Crippen molar-refractivity contribution in [2.24, 2.45) is 5.73 Å². The second-order valence-electron chi connectivity index (χ2n) is 2.83. The largest absolute Gasteiger partial charge is 0.378 e. The summed E-state index contributed by atoms with van der Waals surface area (Å²) in [7, 11) is 0. The summed E-state index contributed by atoms with van der Waals surface area (Å²) in [6.45, 7) is 3.78. The van der Waals surface area contributed by atoms with Crippen LogP contribution < -0.4 is 5.73 Å². The second-order valence-corrected chi connectivity index (χ2v) is 2.83. The number of carbonyl (C=O) groups is 1. The zero-order valence-corrected chi connectivity index (χ0v) is 7.70. The van der Waals surface area contributed by atoms with Crippen molar-refractivity contribution in [1.29, 1.82) is 0 Å². The van der Waals surface area contributed by atoms with Crippen LogP contribution in [0.1, 0.15) is 0 Å². The molecule has 0 atom stereocenters. The normalized spacial score (nSPS) is 17.9. The highest BCUT2D eigenvalue weighted by Gasteiger charge is 2.17. The molecule has 0 aromatic carbocycles. The first-order chi connectivity index (χ1) is 6.34. The van der Waals surface area contributed by atoms with Gasteiger partial charge < -0.3 is 20.1 Å². The molecule has 1 saturated heterocycles. The fourth-order valence-corrected chi connectivity index (χ4v) is 1.15. The summed E-state index contributed by atoms with van der Waals surface area (Å²) in [6.07, 6.45) is 0. The molecule has 0 saturated carbocycles. The van der Waals surface area contributed by atoms with Crippen LogP contribution in [0.3, 0.4) is 0 Å². The number of carbonyl (C=O) groups excluding carboxylic acids is 1. The van der Waals surface area contributed by atoms with E-state index in [4.69, 9.17) is 15.2 Å². The molecule has 5 heteroatoms. The SMILES string of the molecule is NCCOCCN1CCOCC1=O. The van der Waals surface area contributed by atoms with Crippen molar-refractivity contribution in [1.82, 2.24) is 4.90 Å². The van der Waals surface area contributed by atoms with E-state index < -0.39 is 0 Å². The molecule has 0 aromatic heterocycles. The Kier molecular flexibility index (Phi) is 4.74. The Hall–Kier alpha value is -0.650. The Morgan fingerprint density at radius 1 is 1.54 bits per heavy atom. The van der Waals surface area contributed by atoms with Crippen LogP contribution in [0.4, 0.5) is 0 Å². The quantitative estimate of drug-likeness (QED) is 0.552. The van der Waals surface area contributed by atoms with Gasteiger partial charge in [0.1, 0.15) is 6.61 Å². The molecule has 0 aliphatic carbocycles. The molecule has 0 bridgehead atoms. The van der Waals surface area contributed by atoms with Crippen molar-refractivity contribution in [2.45, 2.75) is 0 Å². The molecule has 1 heterocycles. The standard InChI is InChI=1S/C8H16N2O3/c9-1-4-12-5-2-10-3-6-13-7-8(10)11/h1-7,9H2. The number of hydrogen-bond acceptors (Lipinski definition) is 4. The van der Waals surface area contributed by atoms with Crippen LogP contribution in [0, 0.1) is 0 Å². The summed E-state index contributed by atoms with van der Waals surface area (Å²) in [5.74, 6) is 0.0441. The van der Waals surface area contributed by atoms with Gasteiger partial charge in [-0.1, -0.05) is 0 Å². The van der Waals surface area contributed by atoms with Crippen molar-refractivity contribution in [3.05, 3.63) is 0 Å². The van der Waals surface area contributed by atoms with Crippen LogP contribution in [0.5, 0.6) is 0 Å². The zero-order valence-electron chi connectivity index (χ0n) is 7.70. The number of nitrogens with zero attached hydrogens (tertiary/aromatic N) is 1. The van der Waals surface area contributed by atoms with Gasteiger partial charge >= 0.3 is 0 Å². The highest BCUT2D eigenvalue weighted by Crippen LogP contribution is 1.97. The van der Waals surface area contributed by atoms with E-state index >= 15 is 0 Å². The monoisotopic (exact) mass is 188 g/mol. The number of morpholine rings is 1. The molecule has 1 rings (SSSR count). The third-order valence-corrected chi connectivity index (χ3v) is 1.85. The van der Waals surface area contributed by atoms with E-state index in [1.807, 2.05) is 0 Å². The Labute approximate surface area is 77.8 Å². The van der Waals surface area contributed by atoms with Crippen molar-refractivity contribution in [3.63, 3.8) is 0 Å². The molecule has 5 nitrogen and oxygen atoms in total. The molecule has 0 radical (unpaired) electrons. The Balaban J connectivity index is 2.08. The average molecular weight is 188 g/mol. The maximum absolute atomic E-state index is 11.2. The van der Waals surface area contributed by atoms with Gasteiger partial charge in [-0.05, 0) is 0 Å². The first kappa shape index (κ1) is 10.4. The lowest BCUT2D eigenvalue weighted by Crippen LogP contribution is -2.43. The van der Waals surface area contributed by atoms with Gasteiger partial charge in [-0.15, -0.1) is 0 Å². The van der Waals surface area contributed by atoms with Gasteiger partial charge in [0.15, 0.2) is 0 Å². The topological polar surface area (TPSA) is 64.8 Å². The number of rotatable bonds is 5. The molecule has 0 aromatic rings. The van der Waals surface area contributed by atoms with E-state index in [9.17, 15) is 4.79 Å². The van der Waals surface area contributed by atoms with Gasteiger partial charge in [-0.2, -0.15) is 0 Å². The predicted octanol–water partition coefficient (Wildman–Crippen LogP) is -1.18. The molecule has 1 aliphatic rings. The zero-order chi connectivity index (χ0) is 9.52. The number of hydrogen-bond donors (Lipinski definition) is 1. The van der Waals surface area contributed by atoms with E-state index in [0.29, 0.717) is 39.5 Å². The third-order valence-electron chi connectivity index (χ3n) is 1.85. The molecule has 0 spiro atoms. The molecule has 0 unspecified atom stereocenters. The van der Waals surface area contributed by atoms with Crippen molar-refractivity contribution in [3.8, 4) is 0 Å². The van der Waals surface area contributed by atoms with Crippen LogP contribution in [-0.2, 0) is 14.3 Å². The summed E-state index contributed by atoms with van der Waals surface area (Å²) in [4.78, 5) is 12.9. The predicted molar refractivity (Wildman–Crippen MR) is 47.3 cm³/mol. The summed E-state index contributed by atoms with van der Waals surface area (Å²) in [5, 5.41) is 0. The smallest absolute Gasteiger partial charge is 0.248 e. The van der Waals surface area contributed by atoms with Gasteiger partial charge in [-0.3, -0.25) is 4.79 Å². The van der Waals surface area contributed by atoms with E-state index in [1.54, 1.807) is 4.90 Å². The molecule has 13 heavy (non-hydrogen) atoms. The van der Waals surface area contributed by atoms with E-state index in [-0.39, 0.29) is 12.5 Å². The minimum Gasteiger partial charge on any atom is -0.378 e. The van der Waals surface area contributed by atoms with E-state index in [1.165, 1.54) is 0 Å². The molecule has 1 fully saturated rings. The summed E-state index contributed by atoms with van der Waals surface area (Å²) in [6, 6.07) is 0. The van der Waals surface area contributed by atoms with Gasteiger partial charge in [0, 0.05) is 19.6 Å². The Bertz CT molecular complexity index is 163. The Morgan fingerprint density at radius 3 is 3.08 bits per heavy atom. The van der Waals surface area contributed by atoms with Crippen molar-refractivity contribution >= 4 is 5.91 Å². The lowest BCUT2D eigenvalue weighted by atomic mass is 10.4. The number of amides is 1. The summed E-state index contributed by atoms with van der Waals surface area (Å²) >= 11 is 0. The molecule has 1 aliphatic heterocycles. The van der Waals surface area contributed by atoms with E-state index in [2.05, 4.69) is 0 Å². The highest BCUT2D eigenvalue weighted by atomic mass is 16.5. The maximum Gasteiger partial charge on any atom is 0.248 e. The lowest BCUT2D eigenvalue weighted by Gasteiger charge is -2.26. The summed E-state index contributed by atoms with van der Waals surface area (Å²) in [5.41, 5.74) is 5.25. The molecule has 1 amide bonds. The van der Waals surface area contributed by atoms with E-state index in [0.717, 1.165) is 0 Å². The molecule has 2 N–H and O–H groups in total. The fraction of sp³-hybridized carbons (Fsp3) is 0.875. The molecular weight excluding hydrogens is 172 g/mol. The molecule has 76 valence electrons. The van der Waals surface area contributed by atoms with Gasteiger partial charge in [0.25, 0.3) is 0 Å². The average Bonchev–Trinajstić information content (AvgIpc) is 2.15. The van der Waals surface area contributed by atoms with Crippen molar-refractivity contribution < 1.29 is 14.3 Å². The molecular formula is C8H16N2O3. The summed E-state index contributed by atoms with van der Waals surface area (Å²) < 4.78 is 10.2. The van der Waals surface area contributed by atoms with Crippen LogP contribution in [-0.4, -0.2) is 56.9 Å². The third kappa shape index (κ3) is 3.71. The second kappa shape index (κ2) is 5.90. The van der Waals surface area contributed by atoms with Gasteiger partial charge in [0.05, 0.1) is 19.8 Å². The van der Waals surface area contributed by atoms with Gasteiger partial charge in [-0.25, -0.2) is 0 Å². The minimum absolute atomic E-state index is 0.0441. The van der Waals surface area contributed by atoms with Crippen LogP contribution in [0.25, 0.3) is 0 Å². The number of nitrogens with two attached hydrogens (primary N) is 1. The van der Waals surface area contributed by atoms with Gasteiger partial charge in [0.2, 0.25) is 5.91 Å². The number of ether oxygens (including phenoxy) is 2. The van der Waals surface area contributed by atoms with Crippen LogP contribution in [0.15, 0.2) is 0 Å². The lowest BCUT2D eigenvalue weighted by molar-refractivity contribution is -0.143. The first-order valence-electron chi connectivity index (χ1n) is 4.48. The minimum atomic E-state index is 0.0441. The van der Waals surface area contributed by atoms with Crippen LogP contribution >= 0.6 is 0 Å². The Morgan fingerprint density at radius 2 is 2.38 bits per heavy atom.